The average Bonchev–Trinajstić information content (AvgIpc) is 2.68. The molecule has 0 spiro atoms. The van der Waals surface area contributed by atoms with Crippen LogP contribution in [0.15, 0.2) is 30.3 Å². The van der Waals surface area contributed by atoms with E-state index in [0.29, 0.717) is 13.0 Å². The molecule has 2 heterocycles. The minimum atomic E-state index is -0.462. The molecule has 3 rings (SSSR count). The molecule has 2 atom stereocenters. The molecule has 1 aromatic carbocycles. The van der Waals surface area contributed by atoms with Gasteiger partial charge in [0.25, 0.3) is 0 Å². The quantitative estimate of drug-likeness (QED) is 0.821. The topological polar surface area (TPSA) is 64.8 Å². The summed E-state index contributed by atoms with van der Waals surface area (Å²) in [7, 11) is 0. The highest BCUT2D eigenvalue weighted by Crippen LogP contribution is 2.18. The predicted octanol–water partition coefficient (Wildman–Crippen LogP) is 2.55. The van der Waals surface area contributed by atoms with Crippen LogP contribution in [0.1, 0.15) is 37.7 Å². The van der Waals surface area contributed by atoms with E-state index in [1.54, 1.807) is 0 Å². The Morgan fingerprint density at radius 2 is 1.92 bits per heavy atom. The van der Waals surface area contributed by atoms with Gasteiger partial charge in [-0.15, -0.1) is 12.4 Å². The number of carbonyl (C=O) groups excluding carboxylic acids is 1. The Kier molecular flexibility index (Phi) is 8.85. The zero-order valence-electron chi connectivity index (χ0n) is 15.3. The molecule has 2 N–H and O–H groups in total. The molecule has 2 aliphatic heterocycles. The van der Waals surface area contributed by atoms with Crippen molar-refractivity contribution in [2.45, 2.75) is 56.8 Å². The van der Waals surface area contributed by atoms with E-state index < -0.39 is 6.04 Å². The van der Waals surface area contributed by atoms with Gasteiger partial charge in [0.2, 0.25) is 5.91 Å². The first-order chi connectivity index (χ1) is 12.2. The number of piperidine rings is 1. The van der Waals surface area contributed by atoms with Crippen molar-refractivity contribution in [1.29, 1.82) is 0 Å². The van der Waals surface area contributed by atoms with Gasteiger partial charge in [0, 0.05) is 19.7 Å². The van der Waals surface area contributed by atoms with Gasteiger partial charge in [-0.3, -0.25) is 4.79 Å². The zero-order chi connectivity index (χ0) is 17.5. The lowest BCUT2D eigenvalue weighted by molar-refractivity contribution is -0.136. The lowest BCUT2D eigenvalue weighted by Crippen LogP contribution is -2.49. The summed E-state index contributed by atoms with van der Waals surface area (Å²) in [6.07, 6.45) is 6.36. The molecule has 0 aliphatic carbocycles. The summed E-state index contributed by atoms with van der Waals surface area (Å²) in [5, 5.41) is 0. The second-order valence-electron chi connectivity index (χ2n) is 7.14. The number of amides is 1. The summed E-state index contributed by atoms with van der Waals surface area (Å²) >= 11 is 0. The molecule has 146 valence electrons. The average molecular weight is 383 g/mol. The summed E-state index contributed by atoms with van der Waals surface area (Å²) in [6.45, 7) is 3.02. The fourth-order valence-corrected chi connectivity index (χ4v) is 3.61. The largest absolute Gasteiger partial charge is 0.376 e. The minimum absolute atomic E-state index is 0. The summed E-state index contributed by atoms with van der Waals surface area (Å²) in [6, 6.07) is 9.49. The van der Waals surface area contributed by atoms with Crippen LogP contribution >= 0.6 is 12.4 Å². The molecule has 0 radical (unpaired) electrons. The SMILES string of the molecule is Cl.N[C@@H](Cc1ccccc1)C(=O)N1CCC(OCC2CCCCO2)CC1. The summed E-state index contributed by atoms with van der Waals surface area (Å²) < 4.78 is 11.7. The maximum Gasteiger partial charge on any atom is 0.239 e. The van der Waals surface area contributed by atoms with E-state index in [1.165, 1.54) is 12.8 Å². The number of hydrogen-bond donors (Lipinski definition) is 1. The maximum absolute atomic E-state index is 12.6. The Bertz CT molecular complexity index is 529. The Morgan fingerprint density at radius 3 is 2.58 bits per heavy atom. The van der Waals surface area contributed by atoms with Crippen LogP contribution < -0.4 is 5.73 Å². The number of carbonyl (C=O) groups is 1. The molecule has 1 aromatic rings. The van der Waals surface area contributed by atoms with E-state index in [-0.39, 0.29) is 30.5 Å². The maximum atomic E-state index is 12.6. The molecule has 26 heavy (non-hydrogen) atoms. The standard InChI is InChI=1S/C20H30N2O3.ClH/c21-19(14-16-6-2-1-3-7-16)20(23)22-11-9-17(10-12-22)25-15-18-8-4-5-13-24-18;/h1-3,6-7,17-19H,4-5,8-15,21H2;1H/t18?,19-;/m0./s1. The van der Waals surface area contributed by atoms with Gasteiger partial charge in [0.05, 0.1) is 24.9 Å². The second kappa shape index (κ2) is 10.9. The number of likely N-dealkylation sites (tertiary alicyclic amines) is 1. The van der Waals surface area contributed by atoms with Gasteiger partial charge in [0.15, 0.2) is 0 Å². The third-order valence-electron chi connectivity index (χ3n) is 5.16. The van der Waals surface area contributed by atoms with Crippen molar-refractivity contribution in [2.75, 3.05) is 26.3 Å². The van der Waals surface area contributed by atoms with Gasteiger partial charge in [-0.25, -0.2) is 0 Å². The normalized spacial score (nSPS) is 22.5. The summed E-state index contributed by atoms with van der Waals surface area (Å²) in [4.78, 5) is 14.4. The van der Waals surface area contributed by atoms with Gasteiger partial charge in [-0.1, -0.05) is 30.3 Å². The molecule has 6 heteroatoms. The van der Waals surface area contributed by atoms with Crippen LogP contribution in [0.5, 0.6) is 0 Å². The van der Waals surface area contributed by atoms with Crippen molar-refractivity contribution in [2.24, 2.45) is 5.73 Å². The van der Waals surface area contributed by atoms with Gasteiger partial charge in [-0.05, 0) is 44.1 Å². The van der Waals surface area contributed by atoms with Crippen LogP contribution in [-0.4, -0.2) is 55.4 Å². The molecule has 2 fully saturated rings. The van der Waals surface area contributed by atoms with Crippen LogP contribution in [0.25, 0.3) is 0 Å². The molecule has 1 amide bonds. The van der Waals surface area contributed by atoms with Crippen LogP contribution in [0.2, 0.25) is 0 Å². The van der Waals surface area contributed by atoms with Gasteiger partial charge in [0.1, 0.15) is 0 Å². The molecule has 2 aliphatic rings. The fourth-order valence-electron chi connectivity index (χ4n) is 3.61. The van der Waals surface area contributed by atoms with Crippen LogP contribution in [-0.2, 0) is 20.7 Å². The monoisotopic (exact) mass is 382 g/mol. The molecule has 0 bridgehead atoms. The van der Waals surface area contributed by atoms with Crippen LogP contribution in [0.4, 0.5) is 0 Å². The van der Waals surface area contributed by atoms with Crippen LogP contribution in [0.3, 0.4) is 0 Å². The highest BCUT2D eigenvalue weighted by atomic mass is 35.5. The molecule has 5 nitrogen and oxygen atoms in total. The van der Waals surface area contributed by atoms with Gasteiger partial charge in [-0.2, -0.15) is 0 Å². The highest BCUT2D eigenvalue weighted by molar-refractivity contribution is 5.85. The fraction of sp³-hybridized carbons (Fsp3) is 0.650. The number of hydrogen-bond acceptors (Lipinski definition) is 4. The summed E-state index contributed by atoms with van der Waals surface area (Å²) in [5.74, 6) is 0.0536. The lowest BCUT2D eigenvalue weighted by atomic mass is 10.0. The number of nitrogens with two attached hydrogens (primary N) is 1. The third-order valence-corrected chi connectivity index (χ3v) is 5.16. The van der Waals surface area contributed by atoms with Crippen molar-refractivity contribution < 1.29 is 14.3 Å². The van der Waals surface area contributed by atoms with Crippen molar-refractivity contribution in [1.82, 2.24) is 4.90 Å². The van der Waals surface area contributed by atoms with Gasteiger partial charge >= 0.3 is 0 Å². The Labute approximate surface area is 162 Å². The first-order valence-electron chi connectivity index (χ1n) is 9.54. The van der Waals surface area contributed by atoms with E-state index >= 15 is 0 Å². The smallest absolute Gasteiger partial charge is 0.239 e. The highest BCUT2D eigenvalue weighted by Gasteiger charge is 2.27. The summed E-state index contributed by atoms with van der Waals surface area (Å²) in [5.41, 5.74) is 7.24. The Hall–Kier alpha value is -1.14. The van der Waals surface area contributed by atoms with Gasteiger partial charge < -0.3 is 20.1 Å². The lowest BCUT2D eigenvalue weighted by Gasteiger charge is -2.34. The van der Waals surface area contributed by atoms with Crippen molar-refractivity contribution in [3.63, 3.8) is 0 Å². The first kappa shape index (κ1) is 21.2. The Balaban J connectivity index is 0.00000243. The number of nitrogens with zero attached hydrogens (tertiary/aromatic N) is 1. The predicted molar refractivity (Wildman–Crippen MR) is 105 cm³/mol. The Morgan fingerprint density at radius 1 is 1.19 bits per heavy atom. The number of rotatable bonds is 6. The molecular formula is C20H31ClN2O3. The number of halogens is 1. The minimum Gasteiger partial charge on any atom is -0.376 e. The molecule has 2 saturated heterocycles. The van der Waals surface area contributed by atoms with E-state index in [9.17, 15) is 4.79 Å². The van der Waals surface area contributed by atoms with E-state index in [4.69, 9.17) is 15.2 Å². The number of ether oxygens (including phenoxy) is 2. The molecule has 0 aromatic heterocycles. The van der Waals surface area contributed by atoms with E-state index in [1.807, 2.05) is 35.2 Å². The van der Waals surface area contributed by atoms with Crippen molar-refractivity contribution in [3.8, 4) is 0 Å². The zero-order valence-corrected chi connectivity index (χ0v) is 16.2. The van der Waals surface area contributed by atoms with E-state index in [2.05, 4.69) is 0 Å². The van der Waals surface area contributed by atoms with Crippen molar-refractivity contribution >= 4 is 18.3 Å². The number of benzene rings is 1. The van der Waals surface area contributed by atoms with Crippen LogP contribution in [0, 0.1) is 0 Å². The second-order valence-corrected chi connectivity index (χ2v) is 7.14. The molecule has 1 unspecified atom stereocenters. The molecule has 0 saturated carbocycles. The third kappa shape index (κ3) is 6.23. The van der Waals surface area contributed by atoms with Crippen molar-refractivity contribution in [3.05, 3.63) is 35.9 Å². The van der Waals surface area contributed by atoms with E-state index in [0.717, 1.165) is 44.5 Å². The molecular weight excluding hydrogens is 352 g/mol. The first-order valence-corrected chi connectivity index (χ1v) is 9.54.